The van der Waals surface area contributed by atoms with E-state index in [1.165, 1.54) is 47.0 Å². The third kappa shape index (κ3) is 4.76. The van der Waals surface area contributed by atoms with Crippen LogP contribution >= 0.6 is 12.2 Å². The number of nitrogens with zero attached hydrogens (tertiary/aromatic N) is 2. The number of likely N-dealkylation sites (N-methyl/N-ethyl adjacent to an activating group) is 1. The summed E-state index contributed by atoms with van der Waals surface area (Å²) in [5.41, 5.74) is 0.447. The van der Waals surface area contributed by atoms with Crippen LogP contribution in [0.3, 0.4) is 0 Å². The molecule has 2 amide bonds. The molecule has 25 heavy (non-hydrogen) atoms. The summed E-state index contributed by atoms with van der Waals surface area (Å²) >= 11 is 5.22. The summed E-state index contributed by atoms with van der Waals surface area (Å²) in [6.45, 7) is 5.51. The lowest BCUT2D eigenvalue weighted by Crippen LogP contribution is -2.46. The molecule has 0 aliphatic heterocycles. The Hall–Kier alpha value is -2.48. The Kier molecular flexibility index (Phi) is 5.42. The summed E-state index contributed by atoms with van der Waals surface area (Å²) in [5, 5.41) is 2.80. The average molecular weight is 364 g/mol. The second-order valence-corrected chi connectivity index (χ2v) is 7.14. The third-order valence-corrected chi connectivity index (χ3v) is 3.62. The van der Waals surface area contributed by atoms with Gasteiger partial charge in [-0.3, -0.25) is 14.2 Å². The van der Waals surface area contributed by atoms with Gasteiger partial charge in [0.25, 0.3) is 5.91 Å². The molecule has 134 valence electrons. The molecule has 0 unspecified atom stereocenters. The number of benzene rings is 1. The lowest BCUT2D eigenvalue weighted by molar-refractivity contribution is -0.122. The molecule has 2 N–H and O–H groups in total. The quantitative estimate of drug-likeness (QED) is 0.820. The van der Waals surface area contributed by atoms with E-state index in [1.807, 2.05) is 20.8 Å². The van der Waals surface area contributed by atoms with Crippen molar-refractivity contribution in [2.45, 2.75) is 26.3 Å². The highest BCUT2D eigenvalue weighted by atomic mass is 32.1. The van der Waals surface area contributed by atoms with E-state index in [0.717, 1.165) is 0 Å². The summed E-state index contributed by atoms with van der Waals surface area (Å²) in [6, 6.07) is 5.64. The molecule has 0 bridgehead atoms. The molecule has 0 fully saturated rings. The van der Waals surface area contributed by atoms with E-state index in [0.29, 0.717) is 10.5 Å². The number of aromatic nitrogens is 2. The average Bonchev–Trinajstić information content (AvgIpc) is 2.87. The number of nitrogens with one attached hydrogen (secondary N) is 2. The second-order valence-electron chi connectivity index (χ2n) is 6.75. The molecule has 2 rings (SSSR count). The lowest BCUT2D eigenvalue weighted by atomic mass is 10.1. The zero-order valence-corrected chi connectivity index (χ0v) is 15.4. The maximum Gasteiger partial charge on any atom is 0.272 e. The van der Waals surface area contributed by atoms with E-state index >= 15 is 0 Å². The number of amides is 2. The fourth-order valence-electron chi connectivity index (χ4n) is 2.31. The summed E-state index contributed by atoms with van der Waals surface area (Å²) < 4.78 is 14.9. The van der Waals surface area contributed by atoms with Crippen molar-refractivity contribution in [3.05, 3.63) is 46.7 Å². The van der Waals surface area contributed by atoms with E-state index in [2.05, 4.69) is 10.3 Å². The molecule has 0 atom stereocenters. The molecule has 2 aromatic rings. The first-order chi connectivity index (χ1) is 11.6. The van der Waals surface area contributed by atoms with Crippen LogP contribution < -0.4 is 5.32 Å². The highest BCUT2D eigenvalue weighted by Gasteiger charge is 2.22. The molecule has 1 aromatic heterocycles. The summed E-state index contributed by atoms with van der Waals surface area (Å²) in [6.07, 6.45) is 1.48. The molecule has 0 aliphatic carbocycles. The highest BCUT2D eigenvalue weighted by Crippen LogP contribution is 2.15. The molecular weight excluding hydrogens is 343 g/mol. The predicted octanol–water partition coefficient (Wildman–Crippen LogP) is 2.66. The molecular formula is C17H21FN4O2S. The highest BCUT2D eigenvalue weighted by molar-refractivity contribution is 7.71. The predicted molar refractivity (Wildman–Crippen MR) is 95.8 cm³/mol. The molecule has 6 nitrogen and oxygen atoms in total. The number of aromatic amines is 1. The first-order valence-corrected chi connectivity index (χ1v) is 8.12. The van der Waals surface area contributed by atoms with E-state index < -0.39 is 0 Å². The van der Waals surface area contributed by atoms with Crippen molar-refractivity contribution in [1.29, 1.82) is 0 Å². The Balaban J connectivity index is 2.24. The van der Waals surface area contributed by atoms with Gasteiger partial charge in [-0.15, -0.1) is 0 Å². The number of halogens is 1. The fraction of sp³-hybridized carbons (Fsp3) is 0.353. The standard InChI is InChI=1S/C17H21FN4O2S/c1-17(2,3)20-14(23)10-21(4)15(24)13-9-19-16(25)22(13)12-7-5-11(18)6-8-12/h5-9H,10H2,1-4H3,(H,19,25)(H,20,23). The van der Waals surface area contributed by atoms with Gasteiger partial charge in [0.15, 0.2) is 4.77 Å². The van der Waals surface area contributed by atoms with Gasteiger partial charge < -0.3 is 15.2 Å². The van der Waals surface area contributed by atoms with Gasteiger partial charge in [-0.25, -0.2) is 4.39 Å². The number of hydrogen-bond acceptors (Lipinski definition) is 3. The Morgan fingerprint density at radius 3 is 2.44 bits per heavy atom. The van der Waals surface area contributed by atoms with Crippen molar-refractivity contribution in [3.8, 4) is 5.69 Å². The van der Waals surface area contributed by atoms with Crippen LogP contribution in [0, 0.1) is 10.6 Å². The maximum absolute atomic E-state index is 13.1. The number of carbonyl (C=O) groups is 2. The largest absolute Gasteiger partial charge is 0.350 e. The van der Waals surface area contributed by atoms with Crippen LogP contribution in [-0.2, 0) is 4.79 Å². The van der Waals surface area contributed by atoms with Crippen molar-refractivity contribution in [2.75, 3.05) is 13.6 Å². The minimum Gasteiger partial charge on any atom is -0.350 e. The Labute approximate surface area is 150 Å². The first-order valence-electron chi connectivity index (χ1n) is 7.71. The molecule has 0 radical (unpaired) electrons. The van der Waals surface area contributed by atoms with Gasteiger partial charge in [0.1, 0.15) is 11.5 Å². The molecule has 0 aliphatic rings. The SMILES string of the molecule is CN(CC(=O)NC(C)(C)C)C(=O)c1c[nH]c(=S)n1-c1ccc(F)cc1. The minimum atomic E-state index is -0.380. The van der Waals surface area contributed by atoms with Gasteiger partial charge in [0.05, 0.1) is 6.54 Å². The molecule has 1 aromatic carbocycles. The van der Waals surface area contributed by atoms with Gasteiger partial charge in [-0.2, -0.15) is 0 Å². The van der Waals surface area contributed by atoms with Crippen molar-refractivity contribution < 1.29 is 14.0 Å². The normalized spacial score (nSPS) is 11.2. The van der Waals surface area contributed by atoms with E-state index in [4.69, 9.17) is 12.2 Å². The zero-order valence-electron chi connectivity index (χ0n) is 14.6. The Morgan fingerprint density at radius 2 is 1.88 bits per heavy atom. The van der Waals surface area contributed by atoms with Crippen molar-refractivity contribution >= 4 is 24.0 Å². The molecule has 1 heterocycles. The fourth-order valence-corrected chi connectivity index (χ4v) is 2.58. The Morgan fingerprint density at radius 1 is 1.28 bits per heavy atom. The van der Waals surface area contributed by atoms with Crippen molar-refractivity contribution in [2.24, 2.45) is 0 Å². The van der Waals surface area contributed by atoms with Crippen LogP contribution in [0.4, 0.5) is 4.39 Å². The second kappa shape index (κ2) is 7.18. The molecule has 0 spiro atoms. The summed E-state index contributed by atoms with van der Waals surface area (Å²) in [7, 11) is 1.54. The first kappa shape index (κ1) is 18.9. The van der Waals surface area contributed by atoms with Crippen LogP contribution in [0.25, 0.3) is 5.69 Å². The smallest absolute Gasteiger partial charge is 0.272 e. The monoisotopic (exact) mass is 364 g/mol. The van der Waals surface area contributed by atoms with Crippen LogP contribution in [0.5, 0.6) is 0 Å². The lowest BCUT2D eigenvalue weighted by Gasteiger charge is -2.23. The topological polar surface area (TPSA) is 70.1 Å². The van der Waals surface area contributed by atoms with E-state index in [9.17, 15) is 14.0 Å². The summed E-state index contributed by atoms with van der Waals surface area (Å²) in [4.78, 5) is 28.8. The van der Waals surface area contributed by atoms with Gasteiger partial charge in [0.2, 0.25) is 5.91 Å². The summed E-state index contributed by atoms with van der Waals surface area (Å²) in [5.74, 6) is -1.01. The number of rotatable bonds is 4. The molecule has 0 saturated carbocycles. The van der Waals surface area contributed by atoms with Crippen LogP contribution in [-0.4, -0.2) is 45.4 Å². The third-order valence-electron chi connectivity index (χ3n) is 3.32. The minimum absolute atomic E-state index is 0.0859. The maximum atomic E-state index is 13.1. The van der Waals surface area contributed by atoms with Gasteiger partial charge in [-0.05, 0) is 57.3 Å². The van der Waals surface area contributed by atoms with Crippen LogP contribution in [0.2, 0.25) is 0 Å². The van der Waals surface area contributed by atoms with Crippen molar-refractivity contribution in [3.63, 3.8) is 0 Å². The molecule has 8 heteroatoms. The van der Waals surface area contributed by atoms with Gasteiger partial charge in [-0.1, -0.05) is 0 Å². The number of carbonyl (C=O) groups excluding carboxylic acids is 2. The van der Waals surface area contributed by atoms with E-state index in [-0.39, 0.29) is 35.4 Å². The van der Waals surface area contributed by atoms with E-state index in [1.54, 1.807) is 0 Å². The van der Waals surface area contributed by atoms with Gasteiger partial charge >= 0.3 is 0 Å². The zero-order chi connectivity index (χ0) is 18.8. The van der Waals surface area contributed by atoms with Crippen molar-refractivity contribution in [1.82, 2.24) is 19.8 Å². The number of imidazole rings is 1. The number of hydrogen-bond donors (Lipinski definition) is 2. The molecule has 0 saturated heterocycles. The van der Waals surface area contributed by atoms with Crippen LogP contribution in [0.1, 0.15) is 31.3 Å². The van der Waals surface area contributed by atoms with Crippen LogP contribution in [0.15, 0.2) is 30.5 Å². The Bertz CT molecular complexity index is 834. The number of H-pyrrole nitrogens is 1. The van der Waals surface area contributed by atoms with Gasteiger partial charge in [0, 0.05) is 24.5 Å².